The van der Waals surface area contributed by atoms with Gasteiger partial charge in [0.2, 0.25) is 0 Å². The molecule has 0 radical (unpaired) electrons. The monoisotopic (exact) mass is 206 g/mol. The summed E-state index contributed by atoms with van der Waals surface area (Å²) in [6, 6.07) is 0. The Morgan fingerprint density at radius 1 is 1.36 bits per heavy atom. The van der Waals surface area contributed by atoms with Crippen LogP contribution >= 0.6 is 0 Å². The molecule has 1 heterocycles. The molecule has 84 valence electrons. The van der Waals surface area contributed by atoms with Crippen molar-refractivity contribution in [2.75, 3.05) is 41.0 Å². The summed E-state index contributed by atoms with van der Waals surface area (Å²) in [5.41, 5.74) is 0. The smallest absolute Gasteiger partial charge is 0.302 e. The molecule has 0 spiro atoms. The molecule has 1 N–H and O–H groups in total. The molecule has 1 rings (SSSR count). The second-order valence-corrected chi connectivity index (χ2v) is 3.47. The number of ether oxygens (including phenoxy) is 3. The number of carbonyl (C=O) groups excluding carboxylic acids is 1. The van der Waals surface area contributed by atoms with Crippen LogP contribution in [0, 0.1) is 0 Å². The van der Waals surface area contributed by atoms with Gasteiger partial charge >= 0.3 is 5.97 Å². The maximum absolute atomic E-state index is 10.3. The van der Waals surface area contributed by atoms with Crippen molar-refractivity contribution in [3.63, 3.8) is 0 Å². The average Bonchev–Trinajstić information content (AvgIpc) is 2.51. The summed E-state index contributed by atoms with van der Waals surface area (Å²) in [5.74, 6) is -0.306. The highest BCUT2D eigenvalue weighted by Gasteiger charge is 2.16. The molecular weight excluding hydrogens is 186 g/mol. The Morgan fingerprint density at radius 2 is 1.79 bits per heavy atom. The summed E-state index contributed by atoms with van der Waals surface area (Å²) >= 11 is 0. The lowest BCUT2D eigenvalue weighted by molar-refractivity contribution is -0.836. The van der Waals surface area contributed by atoms with Crippen LogP contribution in [0.15, 0.2) is 0 Å². The van der Waals surface area contributed by atoms with Crippen molar-refractivity contribution in [2.45, 2.75) is 13.2 Å². The largest absolute Gasteiger partial charge is 0.460 e. The minimum absolute atomic E-state index is 0.204. The highest BCUT2D eigenvalue weighted by atomic mass is 16.7. The quantitative estimate of drug-likeness (QED) is 0.570. The molecule has 1 aliphatic heterocycles. The average molecular weight is 206 g/mol. The fourth-order valence-corrected chi connectivity index (χ4v) is 0.689. The van der Waals surface area contributed by atoms with Gasteiger partial charge in [-0.1, -0.05) is 0 Å². The number of esters is 1. The molecule has 0 atom stereocenters. The Hall–Kier alpha value is -0.650. The first kappa shape index (κ1) is 13.4. The van der Waals surface area contributed by atoms with Crippen LogP contribution in [-0.2, 0) is 19.0 Å². The van der Waals surface area contributed by atoms with Crippen molar-refractivity contribution in [3.8, 4) is 0 Å². The van der Waals surface area contributed by atoms with E-state index in [9.17, 15) is 4.79 Å². The summed E-state index contributed by atoms with van der Waals surface area (Å²) < 4.78 is 14.6. The van der Waals surface area contributed by atoms with Gasteiger partial charge < -0.3 is 19.1 Å². The summed E-state index contributed by atoms with van der Waals surface area (Å²) in [6.07, 6.45) is -0.344. The molecule has 14 heavy (non-hydrogen) atoms. The van der Waals surface area contributed by atoms with E-state index in [2.05, 4.69) is 25.9 Å². The van der Waals surface area contributed by atoms with Gasteiger partial charge in [0.1, 0.15) is 6.61 Å². The zero-order valence-corrected chi connectivity index (χ0v) is 9.33. The van der Waals surface area contributed by atoms with Gasteiger partial charge in [-0.2, -0.15) is 0 Å². The number of carbonyl (C=O) groups is 1. The molecule has 0 saturated carbocycles. The molecule has 1 fully saturated rings. The second-order valence-electron chi connectivity index (χ2n) is 3.47. The van der Waals surface area contributed by atoms with E-state index in [1.807, 2.05) is 0 Å². The SMILES string of the molecule is CC(=O)OCC1OCCO1.C[NH+](C)C. The number of nitrogens with one attached hydrogen (secondary N) is 1. The van der Waals surface area contributed by atoms with E-state index in [0.29, 0.717) is 13.2 Å². The van der Waals surface area contributed by atoms with E-state index in [4.69, 9.17) is 9.47 Å². The standard InChI is InChI=1S/C6H10O4.C3H9N/c1-5(7)10-4-6-8-2-3-9-6;1-4(2)3/h6H,2-4H2,1H3;1-3H3/p+1. The maximum atomic E-state index is 10.3. The third-order valence-electron chi connectivity index (χ3n) is 1.11. The number of hydrogen-bond donors (Lipinski definition) is 1. The van der Waals surface area contributed by atoms with Crippen molar-refractivity contribution in [1.29, 1.82) is 0 Å². The highest BCUT2D eigenvalue weighted by molar-refractivity contribution is 5.65. The molecule has 0 aromatic heterocycles. The van der Waals surface area contributed by atoms with Gasteiger partial charge in [0.25, 0.3) is 0 Å². The Labute approximate surface area is 84.9 Å². The fraction of sp³-hybridized carbons (Fsp3) is 0.889. The number of rotatable bonds is 2. The molecule has 1 aliphatic rings. The van der Waals surface area contributed by atoms with Crippen LogP contribution in [0.1, 0.15) is 6.92 Å². The first-order valence-electron chi connectivity index (χ1n) is 4.65. The molecule has 0 aromatic carbocycles. The fourth-order valence-electron chi connectivity index (χ4n) is 0.689. The van der Waals surface area contributed by atoms with E-state index >= 15 is 0 Å². The van der Waals surface area contributed by atoms with Gasteiger partial charge in [-0.3, -0.25) is 4.79 Å². The molecule has 0 aromatic rings. The van der Waals surface area contributed by atoms with Crippen LogP contribution < -0.4 is 4.90 Å². The third-order valence-corrected chi connectivity index (χ3v) is 1.11. The number of hydrogen-bond acceptors (Lipinski definition) is 4. The summed E-state index contributed by atoms with van der Waals surface area (Å²) in [4.78, 5) is 11.7. The van der Waals surface area contributed by atoms with Gasteiger partial charge in [0.15, 0.2) is 6.29 Å². The Bertz CT molecular complexity index is 152. The molecule has 1 saturated heterocycles. The lowest BCUT2D eigenvalue weighted by Crippen LogP contribution is -3.02. The van der Waals surface area contributed by atoms with Crippen molar-refractivity contribution in [1.82, 2.24) is 0 Å². The summed E-state index contributed by atoms with van der Waals surface area (Å²) in [5, 5.41) is 0. The van der Waals surface area contributed by atoms with E-state index < -0.39 is 0 Å². The minimum Gasteiger partial charge on any atom is -0.460 e. The van der Waals surface area contributed by atoms with Crippen molar-refractivity contribution < 1.29 is 23.9 Å². The first-order chi connectivity index (χ1) is 6.52. The van der Waals surface area contributed by atoms with Crippen LogP contribution in [0.3, 0.4) is 0 Å². The predicted octanol–water partition coefficient (Wildman–Crippen LogP) is -1.32. The lowest BCUT2D eigenvalue weighted by atomic mass is 10.7. The van der Waals surface area contributed by atoms with Crippen LogP contribution in [-0.4, -0.2) is 53.2 Å². The zero-order valence-electron chi connectivity index (χ0n) is 9.33. The van der Waals surface area contributed by atoms with E-state index in [1.165, 1.54) is 11.8 Å². The Morgan fingerprint density at radius 3 is 2.14 bits per heavy atom. The third kappa shape index (κ3) is 9.44. The van der Waals surface area contributed by atoms with Gasteiger partial charge in [0, 0.05) is 6.92 Å². The van der Waals surface area contributed by atoms with Crippen molar-refractivity contribution in [3.05, 3.63) is 0 Å². The highest BCUT2D eigenvalue weighted by Crippen LogP contribution is 2.03. The first-order valence-corrected chi connectivity index (χ1v) is 4.65. The second kappa shape index (κ2) is 7.73. The van der Waals surface area contributed by atoms with E-state index in [-0.39, 0.29) is 18.9 Å². The topological polar surface area (TPSA) is 49.2 Å². The van der Waals surface area contributed by atoms with Crippen LogP contribution in [0.2, 0.25) is 0 Å². The van der Waals surface area contributed by atoms with Crippen LogP contribution in [0.4, 0.5) is 0 Å². The molecular formula is C9H20NO4+. The van der Waals surface area contributed by atoms with Crippen LogP contribution in [0.5, 0.6) is 0 Å². The maximum Gasteiger partial charge on any atom is 0.302 e. The summed E-state index contributed by atoms with van der Waals surface area (Å²) in [6.45, 7) is 2.74. The summed E-state index contributed by atoms with van der Waals surface area (Å²) in [7, 11) is 6.25. The van der Waals surface area contributed by atoms with Gasteiger partial charge in [0.05, 0.1) is 34.4 Å². The normalized spacial score (nSPS) is 16.4. The molecule has 5 heteroatoms. The lowest BCUT2D eigenvalue weighted by Gasteiger charge is -2.07. The van der Waals surface area contributed by atoms with Crippen LogP contribution in [0.25, 0.3) is 0 Å². The van der Waals surface area contributed by atoms with Crippen molar-refractivity contribution in [2.24, 2.45) is 0 Å². The van der Waals surface area contributed by atoms with E-state index in [1.54, 1.807) is 0 Å². The van der Waals surface area contributed by atoms with Gasteiger partial charge in [-0.05, 0) is 0 Å². The Balaban J connectivity index is 0.000000364. The van der Waals surface area contributed by atoms with Gasteiger partial charge in [-0.25, -0.2) is 0 Å². The minimum atomic E-state index is -0.344. The Kier molecular flexibility index (Phi) is 7.37. The molecule has 0 bridgehead atoms. The van der Waals surface area contributed by atoms with Crippen molar-refractivity contribution >= 4 is 5.97 Å². The molecule has 0 aliphatic carbocycles. The zero-order chi connectivity index (χ0) is 11.0. The molecule has 0 unspecified atom stereocenters. The molecule has 5 nitrogen and oxygen atoms in total. The van der Waals surface area contributed by atoms with E-state index in [0.717, 1.165) is 0 Å². The number of quaternary nitrogens is 1. The van der Waals surface area contributed by atoms with Gasteiger partial charge in [-0.15, -0.1) is 0 Å². The predicted molar refractivity (Wildman–Crippen MR) is 51.1 cm³/mol. The molecule has 0 amide bonds.